The van der Waals surface area contributed by atoms with Crippen molar-refractivity contribution in [2.45, 2.75) is 31.3 Å². The average molecular weight is 310 g/mol. The SMILES string of the molecule is CN1CCC[C@H](NC(=O)c2cncnc2)[C@@H]1Cc1ccccc1. The van der Waals surface area contributed by atoms with Gasteiger partial charge in [0.2, 0.25) is 0 Å². The third kappa shape index (κ3) is 3.93. The Balaban J connectivity index is 1.71. The lowest BCUT2D eigenvalue weighted by atomic mass is 9.91. The van der Waals surface area contributed by atoms with Crippen LogP contribution in [0.15, 0.2) is 49.1 Å². The molecule has 2 atom stereocenters. The molecule has 1 aliphatic rings. The van der Waals surface area contributed by atoms with E-state index in [0.717, 1.165) is 25.8 Å². The molecule has 5 heteroatoms. The topological polar surface area (TPSA) is 58.1 Å². The van der Waals surface area contributed by atoms with Crippen molar-refractivity contribution in [1.29, 1.82) is 0 Å². The zero-order valence-electron chi connectivity index (χ0n) is 13.4. The number of hydrogen-bond donors (Lipinski definition) is 1. The van der Waals surface area contributed by atoms with Gasteiger partial charge in [-0.25, -0.2) is 9.97 Å². The first-order chi connectivity index (χ1) is 11.2. The number of likely N-dealkylation sites (tertiary alicyclic amines) is 1. The molecule has 1 aromatic carbocycles. The van der Waals surface area contributed by atoms with Gasteiger partial charge in [0.1, 0.15) is 6.33 Å². The van der Waals surface area contributed by atoms with Crippen LogP contribution in [0.25, 0.3) is 0 Å². The van der Waals surface area contributed by atoms with E-state index in [1.54, 1.807) is 12.4 Å². The molecule has 1 amide bonds. The van der Waals surface area contributed by atoms with E-state index in [-0.39, 0.29) is 11.9 Å². The normalized spacial score (nSPS) is 21.8. The predicted molar refractivity (Wildman–Crippen MR) is 89.1 cm³/mol. The van der Waals surface area contributed by atoms with Crippen LogP contribution in [0.1, 0.15) is 28.8 Å². The Morgan fingerprint density at radius 2 is 2.00 bits per heavy atom. The number of hydrogen-bond acceptors (Lipinski definition) is 4. The van der Waals surface area contributed by atoms with Gasteiger partial charge in [0.05, 0.1) is 5.56 Å². The summed E-state index contributed by atoms with van der Waals surface area (Å²) in [5.74, 6) is -0.0936. The van der Waals surface area contributed by atoms with E-state index in [0.29, 0.717) is 11.6 Å². The molecule has 120 valence electrons. The molecular formula is C18H22N4O. The van der Waals surface area contributed by atoms with Gasteiger partial charge in [-0.3, -0.25) is 4.79 Å². The number of nitrogens with one attached hydrogen (secondary N) is 1. The van der Waals surface area contributed by atoms with Gasteiger partial charge in [-0.15, -0.1) is 0 Å². The van der Waals surface area contributed by atoms with Gasteiger partial charge >= 0.3 is 0 Å². The first kappa shape index (κ1) is 15.6. The smallest absolute Gasteiger partial charge is 0.254 e. The Morgan fingerprint density at radius 3 is 2.74 bits per heavy atom. The summed E-state index contributed by atoms with van der Waals surface area (Å²) in [6.45, 7) is 1.07. The molecule has 0 saturated carbocycles. The second kappa shape index (κ2) is 7.33. The predicted octanol–water partition coefficient (Wildman–Crippen LogP) is 1.91. The zero-order chi connectivity index (χ0) is 16.1. The second-order valence-electron chi connectivity index (χ2n) is 6.09. The molecular weight excluding hydrogens is 288 g/mol. The molecule has 1 saturated heterocycles. The highest BCUT2D eigenvalue weighted by atomic mass is 16.1. The summed E-state index contributed by atoms with van der Waals surface area (Å²) in [6.07, 6.45) is 7.58. The number of amides is 1. The number of carbonyl (C=O) groups excluding carboxylic acids is 1. The largest absolute Gasteiger partial charge is 0.348 e. The van der Waals surface area contributed by atoms with Crippen LogP contribution in [-0.2, 0) is 6.42 Å². The Bertz CT molecular complexity index is 632. The monoisotopic (exact) mass is 310 g/mol. The van der Waals surface area contributed by atoms with Crippen molar-refractivity contribution >= 4 is 5.91 Å². The zero-order valence-corrected chi connectivity index (χ0v) is 13.4. The molecule has 0 unspecified atom stereocenters. The van der Waals surface area contributed by atoms with E-state index < -0.39 is 0 Å². The van der Waals surface area contributed by atoms with E-state index in [1.165, 1.54) is 11.9 Å². The lowest BCUT2D eigenvalue weighted by Gasteiger charge is -2.39. The van der Waals surface area contributed by atoms with Crippen LogP contribution < -0.4 is 5.32 Å². The van der Waals surface area contributed by atoms with Gasteiger partial charge in [0, 0.05) is 24.5 Å². The van der Waals surface area contributed by atoms with E-state index in [1.807, 2.05) is 6.07 Å². The van der Waals surface area contributed by atoms with Gasteiger partial charge in [-0.1, -0.05) is 30.3 Å². The number of aromatic nitrogens is 2. The second-order valence-corrected chi connectivity index (χ2v) is 6.09. The maximum Gasteiger partial charge on any atom is 0.254 e. The van der Waals surface area contributed by atoms with Crippen LogP contribution in [0.2, 0.25) is 0 Å². The van der Waals surface area contributed by atoms with Gasteiger partial charge in [-0.05, 0) is 38.4 Å². The summed E-state index contributed by atoms with van der Waals surface area (Å²) in [7, 11) is 2.14. The summed E-state index contributed by atoms with van der Waals surface area (Å²) in [4.78, 5) is 22.6. The third-order valence-corrected chi connectivity index (χ3v) is 4.48. The van der Waals surface area contributed by atoms with E-state index >= 15 is 0 Å². The Morgan fingerprint density at radius 1 is 1.26 bits per heavy atom. The number of likely N-dealkylation sites (N-methyl/N-ethyl adjacent to an activating group) is 1. The summed E-state index contributed by atoms with van der Waals surface area (Å²) < 4.78 is 0. The minimum atomic E-state index is -0.0936. The molecule has 5 nitrogen and oxygen atoms in total. The van der Waals surface area contributed by atoms with Crippen LogP contribution in [0.3, 0.4) is 0 Å². The highest BCUT2D eigenvalue weighted by molar-refractivity contribution is 5.93. The van der Waals surface area contributed by atoms with Crippen molar-refractivity contribution in [2.75, 3.05) is 13.6 Å². The molecule has 23 heavy (non-hydrogen) atoms. The number of piperidine rings is 1. The van der Waals surface area contributed by atoms with Gasteiger partial charge in [0.15, 0.2) is 0 Å². The molecule has 2 aromatic rings. The van der Waals surface area contributed by atoms with Gasteiger partial charge in [-0.2, -0.15) is 0 Å². The fraction of sp³-hybridized carbons (Fsp3) is 0.389. The average Bonchev–Trinajstić information content (AvgIpc) is 2.59. The molecule has 0 aliphatic carbocycles. The van der Waals surface area contributed by atoms with Crippen LogP contribution in [-0.4, -0.2) is 46.5 Å². The quantitative estimate of drug-likeness (QED) is 0.937. The maximum atomic E-state index is 12.4. The first-order valence-corrected chi connectivity index (χ1v) is 8.04. The Labute approximate surface area is 136 Å². The number of benzene rings is 1. The molecule has 1 N–H and O–H groups in total. The van der Waals surface area contributed by atoms with Crippen molar-refractivity contribution in [1.82, 2.24) is 20.2 Å². The summed E-state index contributed by atoms with van der Waals surface area (Å²) in [6, 6.07) is 10.9. The van der Waals surface area contributed by atoms with Crippen molar-refractivity contribution in [3.63, 3.8) is 0 Å². The molecule has 0 radical (unpaired) electrons. The highest BCUT2D eigenvalue weighted by Crippen LogP contribution is 2.20. The van der Waals surface area contributed by atoms with E-state index in [4.69, 9.17) is 0 Å². The summed E-state index contributed by atoms with van der Waals surface area (Å²) >= 11 is 0. The van der Waals surface area contributed by atoms with Crippen LogP contribution in [0, 0.1) is 0 Å². The van der Waals surface area contributed by atoms with Crippen molar-refractivity contribution in [3.05, 3.63) is 60.2 Å². The number of nitrogens with zero attached hydrogens (tertiary/aromatic N) is 3. The standard InChI is InChI=1S/C18H22N4O/c1-22-9-5-8-16(17(22)10-14-6-3-2-4-7-14)21-18(23)15-11-19-13-20-12-15/h2-4,6-7,11-13,16-17H,5,8-10H2,1H3,(H,21,23)/t16-,17-/m0/s1. The van der Waals surface area contributed by atoms with E-state index in [2.05, 4.69) is 51.5 Å². The molecule has 0 bridgehead atoms. The van der Waals surface area contributed by atoms with Gasteiger partial charge < -0.3 is 10.2 Å². The van der Waals surface area contributed by atoms with Crippen LogP contribution in [0.5, 0.6) is 0 Å². The molecule has 1 fully saturated rings. The number of carbonyl (C=O) groups is 1. The molecule has 1 aliphatic heterocycles. The van der Waals surface area contributed by atoms with Crippen LogP contribution >= 0.6 is 0 Å². The fourth-order valence-corrected chi connectivity index (χ4v) is 3.22. The Hall–Kier alpha value is -2.27. The summed E-state index contributed by atoms with van der Waals surface area (Å²) in [5, 5.41) is 3.18. The lowest BCUT2D eigenvalue weighted by molar-refractivity contribution is 0.0851. The highest BCUT2D eigenvalue weighted by Gasteiger charge is 2.30. The molecule has 1 aromatic heterocycles. The first-order valence-electron chi connectivity index (χ1n) is 8.04. The van der Waals surface area contributed by atoms with Crippen molar-refractivity contribution in [3.8, 4) is 0 Å². The minimum absolute atomic E-state index is 0.0936. The fourth-order valence-electron chi connectivity index (χ4n) is 3.22. The van der Waals surface area contributed by atoms with E-state index in [9.17, 15) is 4.79 Å². The maximum absolute atomic E-state index is 12.4. The van der Waals surface area contributed by atoms with Crippen molar-refractivity contribution in [2.24, 2.45) is 0 Å². The molecule has 0 spiro atoms. The lowest BCUT2D eigenvalue weighted by Crippen LogP contribution is -2.54. The van der Waals surface area contributed by atoms with Gasteiger partial charge in [0.25, 0.3) is 5.91 Å². The van der Waals surface area contributed by atoms with Crippen molar-refractivity contribution < 1.29 is 4.79 Å². The van der Waals surface area contributed by atoms with Crippen LogP contribution in [0.4, 0.5) is 0 Å². The molecule has 2 heterocycles. The minimum Gasteiger partial charge on any atom is -0.348 e. The Kier molecular flexibility index (Phi) is 4.98. The molecule has 3 rings (SSSR count). The summed E-state index contributed by atoms with van der Waals surface area (Å²) in [5.41, 5.74) is 1.81. The third-order valence-electron chi connectivity index (χ3n) is 4.48. The number of rotatable bonds is 4.